The first-order valence-corrected chi connectivity index (χ1v) is 8.55. The molecule has 1 aromatic rings. The maximum absolute atomic E-state index is 5.81. The average molecular weight is 303 g/mol. The van der Waals surface area contributed by atoms with Gasteiger partial charge in [0.1, 0.15) is 5.75 Å². The molecule has 1 aliphatic carbocycles. The van der Waals surface area contributed by atoms with Crippen LogP contribution in [0.3, 0.4) is 0 Å². The Morgan fingerprint density at radius 3 is 2.57 bits per heavy atom. The number of hydrogen-bond donors (Lipinski definition) is 0. The summed E-state index contributed by atoms with van der Waals surface area (Å²) >= 11 is 4.59. The summed E-state index contributed by atoms with van der Waals surface area (Å²) in [4.78, 5) is 3.93. The molecule has 1 fully saturated rings. The summed E-state index contributed by atoms with van der Waals surface area (Å²) in [7, 11) is 0. The molecular weight excluding hydrogens is 278 g/mol. The summed E-state index contributed by atoms with van der Waals surface area (Å²) in [5.74, 6) is 2.78. The standard InChI is InChI=1S/C18H25NOS/c1-2-15-6-3-4-7-16(15)8-5-13-20-18-11-9-17(10-12-18)19-14-21/h9-12,15-16H,2-8,13H2,1H3. The van der Waals surface area contributed by atoms with E-state index in [1.165, 1.54) is 38.5 Å². The van der Waals surface area contributed by atoms with Crippen molar-refractivity contribution in [1.29, 1.82) is 0 Å². The molecule has 1 aliphatic rings. The number of nitrogens with zero attached hydrogens (tertiary/aromatic N) is 1. The molecule has 2 unspecified atom stereocenters. The molecule has 0 heterocycles. The molecule has 2 rings (SSSR count). The molecule has 0 N–H and O–H groups in total. The van der Waals surface area contributed by atoms with E-state index in [0.717, 1.165) is 36.3 Å². The van der Waals surface area contributed by atoms with E-state index in [0.29, 0.717) is 0 Å². The molecule has 1 saturated carbocycles. The summed E-state index contributed by atoms with van der Waals surface area (Å²) < 4.78 is 5.81. The maximum atomic E-state index is 5.81. The monoisotopic (exact) mass is 303 g/mol. The zero-order valence-corrected chi connectivity index (χ0v) is 13.7. The van der Waals surface area contributed by atoms with E-state index in [4.69, 9.17) is 4.74 Å². The summed E-state index contributed by atoms with van der Waals surface area (Å²) in [5, 5.41) is 2.37. The third-order valence-electron chi connectivity index (χ3n) is 4.59. The van der Waals surface area contributed by atoms with Gasteiger partial charge in [-0.25, -0.2) is 0 Å². The van der Waals surface area contributed by atoms with Crippen LogP contribution >= 0.6 is 12.2 Å². The minimum Gasteiger partial charge on any atom is -0.494 e. The number of thiocarbonyl (C=S) groups is 1. The fourth-order valence-corrected chi connectivity index (χ4v) is 3.51. The lowest BCUT2D eigenvalue weighted by Gasteiger charge is -2.30. The summed E-state index contributed by atoms with van der Waals surface area (Å²) in [6.45, 7) is 3.15. The Morgan fingerprint density at radius 2 is 1.90 bits per heavy atom. The Labute approximate surface area is 133 Å². The predicted octanol–water partition coefficient (Wildman–Crippen LogP) is 5.80. The van der Waals surface area contributed by atoms with Gasteiger partial charge in [0, 0.05) is 0 Å². The number of isothiocyanates is 1. The second kappa shape index (κ2) is 8.96. The van der Waals surface area contributed by atoms with Gasteiger partial charge in [0.15, 0.2) is 0 Å². The Hall–Kier alpha value is -1.18. The first kappa shape index (κ1) is 16.2. The lowest BCUT2D eigenvalue weighted by Crippen LogP contribution is -2.19. The highest BCUT2D eigenvalue weighted by atomic mass is 32.1. The summed E-state index contributed by atoms with van der Waals surface area (Å²) in [5.41, 5.74) is 0.824. The normalized spacial score (nSPS) is 21.6. The van der Waals surface area contributed by atoms with Gasteiger partial charge in [0.25, 0.3) is 0 Å². The van der Waals surface area contributed by atoms with Crippen LogP contribution in [0, 0.1) is 11.8 Å². The van der Waals surface area contributed by atoms with E-state index >= 15 is 0 Å². The molecule has 3 heteroatoms. The van der Waals surface area contributed by atoms with Gasteiger partial charge in [0.05, 0.1) is 17.5 Å². The second-order valence-corrected chi connectivity index (χ2v) is 6.08. The lowest BCUT2D eigenvalue weighted by molar-refractivity contribution is 0.199. The third-order valence-corrected chi connectivity index (χ3v) is 4.68. The highest BCUT2D eigenvalue weighted by Crippen LogP contribution is 2.35. The molecule has 2 nitrogen and oxygen atoms in total. The molecule has 0 saturated heterocycles. The maximum Gasteiger partial charge on any atom is 0.119 e. The zero-order valence-electron chi connectivity index (χ0n) is 12.9. The molecule has 0 aromatic heterocycles. The van der Waals surface area contributed by atoms with Crippen LogP contribution in [0.2, 0.25) is 0 Å². The number of benzene rings is 1. The SMILES string of the molecule is CCC1CCCCC1CCCOc1ccc(N=C=S)cc1. The first-order valence-electron chi connectivity index (χ1n) is 8.14. The predicted molar refractivity (Wildman–Crippen MR) is 91.6 cm³/mol. The van der Waals surface area contributed by atoms with Gasteiger partial charge in [-0.3, -0.25) is 0 Å². The molecule has 0 amide bonds. The number of ether oxygens (including phenoxy) is 1. The van der Waals surface area contributed by atoms with Crippen molar-refractivity contribution < 1.29 is 4.74 Å². The van der Waals surface area contributed by atoms with Crippen LogP contribution in [0.15, 0.2) is 29.3 Å². The van der Waals surface area contributed by atoms with Gasteiger partial charge in [-0.15, -0.1) is 0 Å². The molecule has 0 radical (unpaired) electrons. The third kappa shape index (κ3) is 5.26. The van der Waals surface area contributed by atoms with E-state index in [9.17, 15) is 0 Å². The Bertz CT molecular complexity index is 465. The van der Waals surface area contributed by atoms with Gasteiger partial charge in [-0.05, 0) is 61.2 Å². The van der Waals surface area contributed by atoms with Crippen LogP contribution in [-0.2, 0) is 0 Å². The molecule has 114 valence electrons. The molecular formula is C18H25NOS. The molecule has 0 spiro atoms. The minimum absolute atomic E-state index is 0.808. The summed E-state index contributed by atoms with van der Waals surface area (Å²) in [6, 6.07) is 7.70. The first-order chi connectivity index (χ1) is 10.3. The molecule has 21 heavy (non-hydrogen) atoms. The Morgan fingerprint density at radius 1 is 1.19 bits per heavy atom. The van der Waals surface area contributed by atoms with Crippen molar-refractivity contribution in [3.05, 3.63) is 24.3 Å². The van der Waals surface area contributed by atoms with Crippen molar-refractivity contribution in [3.8, 4) is 5.75 Å². The Balaban J connectivity index is 1.70. The van der Waals surface area contributed by atoms with E-state index in [1.54, 1.807) is 0 Å². The minimum atomic E-state index is 0.808. The second-order valence-electron chi connectivity index (χ2n) is 5.90. The van der Waals surface area contributed by atoms with Crippen molar-refractivity contribution in [3.63, 3.8) is 0 Å². The fourth-order valence-electron chi connectivity index (χ4n) is 3.41. The van der Waals surface area contributed by atoms with Gasteiger partial charge in [-0.2, -0.15) is 4.99 Å². The molecule has 0 bridgehead atoms. The van der Waals surface area contributed by atoms with Crippen molar-refractivity contribution in [2.75, 3.05) is 6.61 Å². The fraction of sp³-hybridized carbons (Fsp3) is 0.611. The van der Waals surface area contributed by atoms with Gasteiger partial charge in [0.2, 0.25) is 0 Å². The highest BCUT2D eigenvalue weighted by molar-refractivity contribution is 7.78. The largest absolute Gasteiger partial charge is 0.494 e. The lowest BCUT2D eigenvalue weighted by atomic mass is 9.76. The van der Waals surface area contributed by atoms with Crippen molar-refractivity contribution in [1.82, 2.24) is 0 Å². The number of rotatable bonds is 7. The smallest absolute Gasteiger partial charge is 0.119 e. The van der Waals surface area contributed by atoms with Crippen molar-refractivity contribution in [2.24, 2.45) is 16.8 Å². The van der Waals surface area contributed by atoms with Crippen molar-refractivity contribution in [2.45, 2.75) is 51.9 Å². The van der Waals surface area contributed by atoms with Gasteiger partial charge < -0.3 is 4.74 Å². The van der Waals surface area contributed by atoms with E-state index in [2.05, 4.69) is 29.3 Å². The van der Waals surface area contributed by atoms with Gasteiger partial charge in [-0.1, -0.05) is 39.0 Å². The van der Waals surface area contributed by atoms with Crippen LogP contribution in [0.1, 0.15) is 51.9 Å². The molecule has 1 aromatic carbocycles. The van der Waals surface area contributed by atoms with Crippen LogP contribution in [0.4, 0.5) is 5.69 Å². The van der Waals surface area contributed by atoms with Crippen LogP contribution < -0.4 is 4.74 Å². The van der Waals surface area contributed by atoms with Crippen LogP contribution in [-0.4, -0.2) is 11.8 Å². The van der Waals surface area contributed by atoms with E-state index < -0.39 is 0 Å². The molecule has 2 atom stereocenters. The topological polar surface area (TPSA) is 21.6 Å². The molecule has 0 aliphatic heterocycles. The van der Waals surface area contributed by atoms with Crippen LogP contribution in [0.5, 0.6) is 5.75 Å². The quantitative estimate of drug-likeness (QED) is 0.361. The van der Waals surface area contributed by atoms with Gasteiger partial charge >= 0.3 is 0 Å². The van der Waals surface area contributed by atoms with Crippen molar-refractivity contribution >= 4 is 23.1 Å². The average Bonchev–Trinajstić information content (AvgIpc) is 2.54. The number of aliphatic imine (C=N–C) groups is 1. The van der Waals surface area contributed by atoms with E-state index in [-0.39, 0.29) is 0 Å². The highest BCUT2D eigenvalue weighted by Gasteiger charge is 2.22. The summed E-state index contributed by atoms with van der Waals surface area (Å²) in [6.07, 6.45) is 9.51. The Kier molecular flexibility index (Phi) is 6.91. The van der Waals surface area contributed by atoms with Crippen LogP contribution in [0.25, 0.3) is 0 Å². The zero-order chi connectivity index (χ0) is 14.9. The van der Waals surface area contributed by atoms with E-state index in [1.807, 2.05) is 24.3 Å². The number of hydrogen-bond acceptors (Lipinski definition) is 3.